The third kappa shape index (κ3) is 3.45. The van der Waals surface area contributed by atoms with E-state index in [1.807, 2.05) is 42.2 Å². The second-order valence-corrected chi connectivity index (χ2v) is 9.44. The van der Waals surface area contributed by atoms with Crippen LogP contribution in [0.3, 0.4) is 0 Å². The maximum absolute atomic E-state index is 14.8. The number of halogens is 1. The van der Waals surface area contributed by atoms with Crippen LogP contribution in [0, 0.1) is 19.7 Å². The van der Waals surface area contributed by atoms with Gasteiger partial charge in [0.25, 0.3) is 0 Å². The number of piperazine rings is 1. The number of hydrogen-bond donors (Lipinski definition) is 0. The molecule has 3 aromatic heterocycles. The Morgan fingerprint density at radius 2 is 1.79 bits per heavy atom. The van der Waals surface area contributed by atoms with Crippen LogP contribution in [0.4, 0.5) is 10.1 Å². The molecule has 33 heavy (non-hydrogen) atoms. The third-order valence-electron chi connectivity index (χ3n) is 7.16. The van der Waals surface area contributed by atoms with Crippen molar-refractivity contribution in [2.75, 3.05) is 51.2 Å². The van der Waals surface area contributed by atoms with Gasteiger partial charge in [-0.15, -0.1) is 0 Å². The van der Waals surface area contributed by atoms with E-state index in [0.717, 1.165) is 72.8 Å². The largest absolute Gasteiger partial charge is 0.366 e. The average molecular weight is 446 g/mol. The molecule has 6 rings (SSSR count). The molecule has 0 bridgehead atoms. The van der Waals surface area contributed by atoms with Gasteiger partial charge in [0.1, 0.15) is 5.52 Å². The molecule has 2 saturated heterocycles. The van der Waals surface area contributed by atoms with Gasteiger partial charge in [0.15, 0.2) is 11.5 Å². The van der Waals surface area contributed by atoms with Gasteiger partial charge in [-0.2, -0.15) is 5.10 Å². The van der Waals surface area contributed by atoms with Crippen LogP contribution in [-0.2, 0) is 0 Å². The molecule has 0 spiro atoms. The highest BCUT2D eigenvalue weighted by Gasteiger charge is 2.33. The number of benzene rings is 1. The molecule has 0 N–H and O–H groups in total. The quantitative estimate of drug-likeness (QED) is 0.483. The van der Waals surface area contributed by atoms with Crippen molar-refractivity contribution >= 4 is 22.2 Å². The lowest BCUT2D eigenvalue weighted by Gasteiger charge is -2.48. The zero-order chi connectivity index (χ0) is 22.7. The Morgan fingerprint density at radius 1 is 1.00 bits per heavy atom. The highest BCUT2D eigenvalue weighted by molar-refractivity contribution is 5.98. The molecule has 7 nitrogen and oxygen atoms in total. The Hall–Kier alpha value is -3.10. The Labute approximate surface area is 192 Å². The molecule has 8 heteroatoms. The summed E-state index contributed by atoms with van der Waals surface area (Å²) in [7, 11) is 2.19. The summed E-state index contributed by atoms with van der Waals surface area (Å²) in [6, 6.07) is 6.34. The van der Waals surface area contributed by atoms with Gasteiger partial charge in [0.2, 0.25) is 0 Å². The molecule has 1 aromatic carbocycles. The second kappa shape index (κ2) is 7.74. The Bertz CT molecular complexity index is 1350. The summed E-state index contributed by atoms with van der Waals surface area (Å²) in [6.45, 7) is 10.3. The Kier molecular flexibility index (Phi) is 4.81. The van der Waals surface area contributed by atoms with Crippen LogP contribution >= 0.6 is 0 Å². The first-order valence-electron chi connectivity index (χ1n) is 11.6. The number of aryl methyl sites for hydroxylation is 2. The SMILES string of the molecule is Cc1cc(-c2cnn3cc(N4CC(N5CCN(C)CC5)C4)cnc23)c2ccc(C)c(F)c2n1. The average Bonchev–Trinajstić information content (AvgIpc) is 3.20. The monoisotopic (exact) mass is 445 g/mol. The summed E-state index contributed by atoms with van der Waals surface area (Å²) in [5, 5.41) is 5.37. The minimum atomic E-state index is -0.267. The topological polar surface area (TPSA) is 52.8 Å². The normalized spacial score (nSPS) is 18.4. The summed E-state index contributed by atoms with van der Waals surface area (Å²) in [4.78, 5) is 16.6. The van der Waals surface area contributed by atoms with Gasteiger partial charge in [-0.3, -0.25) is 4.90 Å². The van der Waals surface area contributed by atoms with Crippen molar-refractivity contribution in [3.63, 3.8) is 0 Å². The van der Waals surface area contributed by atoms with Crippen molar-refractivity contribution in [3.05, 3.63) is 53.9 Å². The molecule has 170 valence electrons. The molecule has 2 fully saturated rings. The Balaban J connectivity index is 1.29. The molecule has 0 amide bonds. The van der Waals surface area contributed by atoms with Gasteiger partial charge in [-0.25, -0.2) is 18.9 Å². The summed E-state index contributed by atoms with van der Waals surface area (Å²) in [5.74, 6) is -0.267. The number of likely N-dealkylation sites (N-methyl/N-ethyl adjacent to an activating group) is 1. The lowest BCUT2D eigenvalue weighted by Crippen LogP contribution is -2.63. The fraction of sp³-hybridized carbons (Fsp3) is 0.400. The summed E-state index contributed by atoms with van der Waals surface area (Å²) in [6.07, 6.45) is 5.80. The van der Waals surface area contributed by atoms with Gasteiger partial charge in [0, 0.05) is 62.0 Å². The standard InChI is InChI=1S/C25H28FN7/c1-16-4-5-20-21(10-17(2)29-24(20)23(16)26)22-12-28-33-15-18(11-27-25(22)33)32-13-19(14-32)31-8-6-30(3)7-9-31/h4-5,10-12,15,19H,6-9,13-14H2,1-3H3. The molecule has 0 atom stereocenters. The number of rotatable bonds is 3. The van der Waals surface area contributed by atoms with Crippen LogP contribution < -0.4 is 4.90 Å². The summed E-state index contributed by atoms with van der Waals surface area (Å²) < 4.78 is 16.6. The first-order chi connectivity index (χ1) is 16.0. The minimum absolute atomic E-state index is 0.267. The zero-order valence-corrected chi connectivity index (χ0v) is 19.3. The van der Waals surface area contributed by atoms with E-state index in [9.17, 15) is 4.39 Å². The summed E-state index contributed by atoms with van der Waals surface area (Å²) in [5.41, 5.74) is 5.41. The fourth-order valence-corrected chi connectivity index (χ4v) is 5.01. The van der Waals surface area contributed by atoms with E-state index in [1.165, 1.54) is 0 Å². The van der Waals surface area contributed by atoms with Gasteiger partial charge >= 0.3 is 0 Å². The van der Waals surface area contributed by atoms with Crippen LogP contribution in [0.2, 0.25) is 0 Å². The third-order valence-corrected chi connectivity index (χ3v) is 7.16. The van der Waals surface area contributed by atoms with E-state index in [2.05, 4.69) is 31.8 Å². The van der Waals surface area contributed by atoms with Gasteiger partial charge < -0.3 is 9.80 Å². The highest BCUT2D eigenvalue weighted by Crippen LogP contribution is 2.33. The van der Waals surface area contributed by atoms with E-state index >= 15 is 0 Å². The highest BCUT2D eigenvalue weighted by atomic mass is 19.1. The first-order valence-corrected chi connectivity index (χ1v) is 11.6. The smallest absolute Gasteiger partial charge is 0.162 e. The molecule has 0 unspecified atom stereocenters. The van der Waals surface area contributed by atoms with Crippen LogP contribution in [0.1, 0.15) is 11.3 Å². The lowest BCUT2D eigenvalue weighted by molar-refractivity contribution is 0.0963. The van der Waals surface area contributed by atoms with Gasteiger partial charge in [0.05, 0.1) is 24.3 Å². The van der Waals surface area contributed by atoms with E-state index in [1.54, 1.807) is 13.0 Å². The van der Waals surface area contributed by atoms with E-state index in [4.69, 9.17) is 4.98 Å². The molecule has 2 aliphatic rings. The van der Waals surface area contributed by atoms with Crippen molar-refractivity contribution < 1.29 is 4.39 Å². The fourth-order valence-electron chi connectivity index (χ4n) is 5.01. The molecule has 2 aliphatic heterocycles. The second-order valence-electron chi connectivity index (χ2n) is 9.44. The molecular formula is C25H28FN7. The van der Waals surface area contributed by atoms with Crippen LogP contribution in [0.5, 0.6) is 0 Å². The first kappa shape index (κ1) is 20.5. The van der Waals surface area contributed by atoms with Crippen molar-refractivity contribution in [1.29, 1.82) is 0 Å². The van der Waals surface area contributed by atoms with Gasteiger partial charge in [-0.05, 0) is 38.1 Å². The molecule has 4 aromatic rings. The number of pyridine rings is 1. The molecule has 0 radical (unpaired) electrons. The number of anilines is 1. The number of nitrogens with zero attached hydrogens (tertiary/aromatic N) is 7. The van der Waals surface area contributed by atoms with Gasteiger partial charge in [-0.1, -0.05) is 12.1 Å². The minimum Gasteiger partial charge on any atom is -0.366 e. The van der Waals surface area contributed by atoms with Crippen molar-refractivity contribution in [3.8, 4) is 11.1 Å². The summed E-state index contributed by atoms with van der Waals surface area (Å²) >= 11 is 0. The molecule has 0 aliphatic carbocycles. The maximum atomic E-state index is 14.8. The van der Waals surface area contributed by atoms with E-state index in [-0.39, 0.29) is 5.82 Å². The van der Waals surface area contributed by atoms with E-state index in [0.29, 0.717) is 17.1 Å². The lowest BCUT2D eigenvalue weighted by atomic mass is 10.0. The van der Waals surface area contributed by atoms with Crippen molar-refractivity contribution in [2.45, 2.75) is 19.9 Å². The predicted octanol–water partition coefficient (Wildman–Crippen LogP) is 3.14. The van der Waals surface area contributed by atoms with Crippen LogP contribution in [0.25, 0.3) is 27.7 Å². The Morgan fingerprint density at radius 3 is 2.58 bits per heavy atom. The molecule has 5 heterocycles. The number of hydrogen-bond acceptors (Lipinski definition) is 6. The van der Waals surface area contributed by atoms with E-state index < -0.39 is 0 Å². The predicted molar refractivity (Wildman–Crippen MR) is 128 cm³/mol. The molecule has 0 saturated carbocycles. The van der Waals surface area contributed by atoms with Crippen molar-refractivity contribution in [2.24, 2.45) is 0 Å². The zero-order valence-electron chi connectivity index (χ0n) is 19.3. The van der Waals surface area contributed by atoms with Crippen LogP contribution in [0.15, 0.2) is 36.8 Å². The number of fused-ring (bicyclic) bond motifs is 2. The van der Waals surface area contributed by atoms with Crippen LogP contribution in [-0.4, -0.2) is 81.7 Å². The van der Waals surface area contributed by atoms with Crippen molar-refractivity contribution in [1.82, 2.24) is 29.4 Å². The molecular weight excluding hydrogens is 417 g/mol. The number of aromatic nitrogens is 4. The maximum Gasteiger partial charge on any atom is 0.162 e.